The molecule has 0 aliphatic carbocycles. The van der Waals surface area contributed by atoms with Crippen LogP contribution < -0.4 is 4.74 Å². The zero-order chi connectivity index (χ0) is 14.8. The number of hydrogen-bond donors (Lipinski definition) is 2. The van der Waals surface area contributed by atoms with Gasteiger partial charge < -0.3 is 14.9 Å². The SMILES string of the molecule is O=C(O)[C@@]1(CCCCl)Sc2cc(Cl)ccc2OC[C@@H]1O. The van der Waals surface area contributed by atoms with Gasteiger partial charge in [0.2, 0.25) is 0 Å². The number of aliphatic carboxylic acids is 1. The lowest BCUT2D eigenvalue weighted by atomic mass is 9.96. The van der Waals surface area contributed by atoms with Crippen LogP contribution in [0.1, 0.15) is 12.8 Å². The molecule has 0 fully saturated rings. The van der Waals surface area contributed by atoms with E-state index < -0.39 is 16.8 Å². The topological polar surface area (TPSA) is 66.8 Å². The highest BCUT2D eigenvalue weighted by atomic mass is 35.5. The molecule has 1 heterocycles. The van der Waals surface area contributed by atoms with Crippen LogP contribution in [0.4, 0.5) is 0 Å². The molecular formula is C13H14Cl2O4S. The van der Waals surface area contributed by atoms with E-state index in [1.54, 1.807) is 18.2 Å². The molecule has 2 N–H and O–H groups in total. The molecule has 4 nitrogen and oxygen atoms in total. The van der Waals surface area contributed by atoms with E-state index in [-0.39, 0.29) is 13.0 Å². The van der Waals surface area contributed by atoms with E-state index in [0.717, 1.165) is 11.8 Å². The molecule has 0 saturated heterocycles. The number of benzene rings is 1. The Morgan fingerprint density at radius 2 is 2.30 bits per heavy atom. The molecule has 110 valence electrons. The van der Waals surface area contributed by atoms with E-state index in [9.17, 15) is 15.0 Å². The number of ether oxygens (including phenoxy) is 1. The second-order valence-electron chi connectivity index (χ2n) is 4.51. The van der Waals surface area contributed by atoms with Gasteiger partial charge in [-0.25, -0.2) is 0 Å². The number of carbonyl (C=O) groups is 1. The Kier molecular flexibility index (Phi) is 5.07. The molecule has 1 aliphatic heterocycles. The summed E-state index contributed by atoms with van der Waals surface area (Å²) in [6.45, 7) is -0.0732. The van der Waals surface area contributed by atoms with E-state index >= 15 is 0 Å². The molecule has 0 amide bonds. The van der Waals surface area contributed by atoms with Gasteiger partial charge in [-0.05, 0) is 31.0 Å². The Morgan fingerprint density at radius 1 is 1.55 bits per heavy atom. The first-order valence-electron chi connectivity index (χ1n) is 6.08. The maximum atomic E-state index is 11.7. The van der Waals surface area contributed by atoms with Gasteiger partial charge in [0.15, 0.2) is 0 Å². The average molecular weight is 337 g/mol. The van der Waals surface area contributed by atoms with Gasteiger partial charge in [0, 0.05) is 10.9 Å². The number of aliphatic hydroxyl groups excluding tert-OH is 1. The third-order valence-electron chi connectivity index (χ3n) is 3.18. The van der Waals surface area contributed by atoms with E-state index in [1.165, 1.54) is 0 Å². The second kappa shape index (κ2) is 6.43. The molecule has 0 radical (unpaired) electrons. The first-order chi connectivity index (χ1) is 9.49. The highest BCUT2D eigenvalue weighted by Crippen LogP contribution is 2.46. The zero-order valence-corrected chi connectivity index (χ0v) is 12.8. The van der Waals surface area contributed by atoms with Gasteiger partial charge in [0.25, 0.3) is 0 Å². The van der Waals surface area contributed by atoms with Crippen LogP contribution in [0.3, 0.4) is 0 Å². The lowest BCUT2D eigenvalue weighted by Gasteiger charge is -2.30. The number of rotatable bonds is 4. The van der Waals surface area contributed by atoms with Crippen LogP contribution in [0.2, 0.25) is 5.02 Å². The number of hydrogen-bond acceptors (Lipinski definition) is 4. The highest BCUT2D eigenvalue weighted by Gasteiger charge is 2.48. The van der Waals surface area contributed by atoms with Crippen LogP contribution in [0.5, 0.6) is 5.75 Å². The molecule has 0 aromatic heterocycles. The minimum Gasteiger partial charge on any atom is -0.490 e. The smallest absolute Gasteiger partial charge is 0.322 e. The van der Waals surface area contributed by atoms with Crippen molar-refractivity contribution in [2.45, 2.75) is 28.6 Å². The van der Waals surface area contributed by atoms with Crippen molar-refractivity contribution >= 4 is 40.9 Å². The number of fused-ring (bicyclic) bond motifs is 1. The molecule has 1 aromatic carbocycles. The number of halogens is 2. The van der Waals surface area contributed by atoms with Gasteiger partial charge >= 0.3 is 5.97 Å². The van der Waals surface area contributed by atoms with Crippen LogP contribution in [0, 0.1) is 0 Å². The standard InChI is InChI=1S/C13H14Cl2O4S/c14-5-1-4-13(12(17)18)11(16)7-19-9-3-2-8(15)6-10(9)20-13/h2-3,6,11,16H,1,4-5,7H2,(H,17,18)/t11-,13-/m0/s1. The third-order valence-corrected chi connectivity index (χ3v) is 5.23. The minimum atomic E-state index is -1.37. The fraction of sp³-hybridized carbons (Fsp3) is 0.462. The maximum absolute atomic E-state index is 11.7. The van der Waals surface area contributed by atoms with Gasteiger partial charge in [-0.2, -0.15) is 0 Å². The number of carboxylic acids is 1. The minimum absolute atomic E-state index is 0.0732. The monoisotopic (exact) mass is 336 g/mol. The summed E-state index contributed by atoms with van der Waals surface area (Å²) in [6, 6.07) is 4.99. The molecule has 0 saturated carbocycles. The number of aliphatic hydroxyl groups is 1. The largest absolute Gasteiger partial charge is 0.490 e. The molecular weight excluding hydrogens is 323 g/mol. The lowest BCUT2D eigenvalue weighted by Crippen LogP contribution is -2.48. The van der Waals surface area contributed by atoms with Gasteiger partial charge in [-0.1, -0.05) is 11.6 Å². The molecule has 2 rings (SSSR count). The summed E-state index contributed by atoms with van der Waals surface area (Å²) in [5, 5.41) is 20.3. The molecule has 20 heavy (non-hydrogen) atoms. The average Bonchev–Trinajstić information content (AvgIpc) is 2.54. The first-order valence-corrected chi connectivity index (χ1v) is 7.81. The summed E-state index contributed by atoms with van der Waals surface area (Å²) in [5.41, 5.74) is 0. The predicted molar refractivity (Wildman–Crippen MR) is 79.1 cm³/mol. The van der Waals surface area contributed by atoms with Crippen LogP contribution in [0.25, 0.3) is 0 Å². The van der Waals surface area contributed by atoms with Crippen molar-refractivity contribution in [1.29, 1.82) is 0 Å². The summed E-state index contributed by atoms with van der Waals surface area (Å²) in [5.74, 6) is -0.199. The fourth-order valence-corrected chi connectivity index (χ4v) is 3.80. The van der Waals surface area contributed by atoms with Crippen LogP contribution in [0.15, 0.2) is 23.1 Å². The van der Waals surface area contributed by atoms with E-state index in [2.05, 4.69) is 0 Å². The summed E-state index contributed by atoms with van der Waals surface area (Å²) in [6.07, 6.45) is -0.375. The predicted octanol–water partition coefficient (Wildman–Crippen LogP) is 3.03. The van der Waals surface area contributed by atoms with Crippen LogP contribution >= 0.6 is 35.0 Å². The van der Waals surface area contributed by atoms with E-state index in [1.807, 2.05) is 0 Å². The highest BCUT2D eigenvalue weighted by molar-refractivity contribution is 8.01. The molecule has 2 atom stereocenters. The van der Waals surface area contributed by atoms with E-state index in [0.29, 0.717) is 28.0 Å². The molecule has 0 unspecified atom stereocenters. The van der Waals surface area contributed by atoms with Gasteiger partial charge in [-0.15, -0.1) is 23.4 Å². The van der Waals surface area contributed by atoms with Crippen LogP contribution in [-0.2, 0) is 4.79 Å². The summed E-state index contributed by atoms with van der Waals surface area (Å²) in [4.78, 5) is 12.3. The quantitative estimate of drug-likeness (QED) is 0.827. The molecule has 0 spiro atoms. The Bertz CT molecular complexity index is 511. The van der Waals surface area contributed by atoms with Crippen molar-refractivity contribution in [3.63, 3.8) is 0 Å². The number of thioether (sulfide) groups is 1. The van der Waals surface area contributed by atoms with Gasteiger partial charge in [-0.3, -0.25) is 4.79 Å². The Labute approximate surface area is 131 Å². The second-order valence-corrected chi connectivity index (χ2v) is 6.69. The summed E-state index contributed by atoms with van der Waals surface area (Å²) in [7, 11) is 0. The van der Waals surface area contributed by atoms with Crippen molar-refractivity contribution in [1.82, 2.24) is 0 Å². The molecule has 1 aliphatic rings. The van der Waals surface area contributed by atoms with Crippen molar-refractivity contribution in [3.8, 4) is 5.75 Å². The summed E-state index contributed by atoms with van der Waals surface area (Å²) >= 11 is 12.7. The van der Waals surface area contributed by atoms with Gasteiger partial charge in [0.1, 0.15) is 23.2 Å². The molecule has 0 bridgehead atoms. The Morgan fingerprint density at radius 3 is 2.95 bits per heavy atom. The van der Waals surface area contributed by atoms with Gasteiger partial charge in [0.05, 0.1) is 4.90 Å². The van der Waals surface area contributed by atoms with Crippen molar-refractivity contribution < 1.29 is 19.7 Å². The number of carboxylic acid groups (broad SMARTS) is 1. The number of alkyl halides is 1. The lowest BCUT2D eigenvalue weighted by molar-refractivity contribution is -0.144. The fourth-order valence-electron chi connectivity index (χ4n) is 2.09. The van der Waals surface area contributed by atoms with Crippen molar-refractivity contribution in [2.75, 3.05) is 12.5 Å². The van der Waals surface area contributed by atoms with Crippen molar-refractivity contribution in [2.24, 2.45) is 0 Å². The van der Waals surface area contributed by atoms with E-state index in [4.69, 9.17) is 27.9 Å². The van der Waals surface area contributed by atoms with Crippen molar-refractivity contribution in [3.05, 3.63) is 23.2 Å². The Balaban J connectivity index is 2.42. The third kappa shape index (κ3) is 3.01. The maximum Gasteiger partial charge on any atom is 0.322 e. The summed E-state index contributed by atoms with van der Waals surface area (Å²) < 4.78 is 4.11. The zero-order valence-electron chi connectivity index (χ0n) is 10.5. The molecule has 1 aromatic rings. The Hall–Kier alpha value is -0.620. The molecule has 7 heteroatoms. The first kappa shape index (κ1) is 15.8. The normalized spacial score (nSPS) is 25.4. The van der Waals surface area contributed by atoms with Crippen LogP contribution in [-0.4, -0.2) is 39.5 Å².